The summed E-state index contributed by atoms with van der Waals surface area (Å²) in [5, 5.41) is 7.84. The van der Waals surface area contributed by atoms with E-state index in [-0.39, 0.29) is 4.90 Å². The van der Waals surface area contributed by atoms with Crippen LogP contribution in [0.3, 0.4) is 0 Å². The summed E-state index contributed by atoms with van der Waals surface area (Å²) in [7, 11) is -3.32. The summed E-state index contributed by atoms with van der Waals surface area (Å²) in [4.78, 5) is 11.2. The third-order valence-corrected chi connectivity index (χ3v) is 7.66. The van der Waals surface area contributed by atoms with Crippen molar-refractivity contribution in [2.75, 3.05) is 24.5 Å². The predicted molar refractivity (Wildman–Crippen MR) is 117 cm³/mol. The van der Waals surface area contributed by atoms with Crippen molar-refractivity contribution in [2.45, 2.75) is 36.8 Å². The number of sulfone groups is 1. The number of hydrogen-bond acceptors (Lipinski definition) is 9. The number of nitrogens with zero attached hydrogens (tertiary/aromatic N) is 5. The van der Waals surface area contributed by atoms with Gasteiger partial charge in [0.2, 0.25) is 0 Å². The fraction of sp³-hybridized carbons (Fsp3) is 0.429. The van der Waals surface area contributed by atoms with E-state index in [0.29, 0.717) is 35.8 Å². The van der Waals surface area contributed by atoms with E-state index < -0.39 is 15.1 Å². The number of benzene rings is 1. The van der Waals surface area contributed by atoms with Gasteiger partial charge >= 0.3 is 6.01 Å². The van der Waals surface area contributed by atoms with Crippen LogP contribution < -0.4 is 10.6 Å². The number of nitrogens with two attached hydrogens (primary N) is 1. The average Bonchev–Trinajstić information content (AvgIpc) is 3.30. The van der Waals surface area contributed by atoms with Crippen LogP contribution in [0.4, 0.5) is 6.01 Å². The van der Waals surface area contributed by atoms with Crippen LogP contribution in [-0.4, -0.2) is 53.5 Å². The Labute approximate surface area is 181 Å². The zero-order chi connectivity index (χ0) is 22.0. The van der Waals surface area contributed by atoms with Crippen molar-refractivity contribution in [1.29, 1.82) is 0 Å². The first kappa shape index (κ1) is 21.4. The molecule has 3 aromatic rings. The summed E-state index contributed by atoms with van der Waals surface area (Å²) >= 11 is 0. The Balaban J connectivity index is 1.56. The fourth-order valence-electron chi connectivity index (χ4n) is 3.57. The van der Waals surface area contributed by atoms with Crippen LogP contribution in [-0.2, 0) is 9.84 Å². The minimum atomic E-state index is -3.32. The summed E-state index contributed by atoms with van der Waals surface area (Å²) in [6.45, 7) is 5.63. The molecule has 0 saturated carbocycles. The molecule has 3 heterocycles. The topological polar surface area (TPSA) is 128 Å². The van der Waals surface area contributed by atoms with Crippen molar-refractivity contribution in [1.82, 2.24) is 20.2 Å². The number of aromatic nitrogens is 4. The Morgan fingerprint density at radius 2 is 1.90 bits per heavy atom. The third-order valence-electron chi connectivity index (χ3n) is 5.49. The second-order valence-electron chi connectivity index (χ2n) is 7.99. The van der Waals surface area contributed by atoms with Crippen LogP contribution >= 0.6 is 0 Å². The maximum absolute atomic E-state index is 12.3. The Kier molecular flexibility index (Phi) is 6.01. The van der Waals surface area contributed by atoms with Gasteiger partial charge in [0.15, 0.2) is 9.84 Å². The first-order valence-corrected chi connectivity index (χ1v) is 11.9. The highest BCUT2D eigenvalue weighted by molar-refractivity contribution is 7.92. The molecule has 1 aliphatic heterocycles. The van der Waals surface area contributed by atoms with Gasteiger partial charge in [-0.05, 0) is 51.3 Å². The van der Waals surface area contributed by atoms with Crippen molar-refractivity contribution in [3.05, 3.63) is 36.7 Å². The maximum Gasteiger partial charge on any atom is 0.318 e. The molecule has 2 aromatic heterocycles. The molecule has 10 heteroatoms. The second kappa shape index (κ2) is 8.72. The van der Waals surface area contributed by atoms with Gasteiger partial charge in [0.05, 0.1) is 28.2 Å². The molecule has 4 rings (SSSR count). The SMILES string of the molecule is CC(C)S(=O)(=O)c1ccc(-c2cncc(-c3nnc(N4CCCC(CN)C4)o3)n2)cc1. The van der Waals surface area contributed by atoms with Crippen LogP contribution in [0.15, 0.2) is 46.0 Å². The van der Waals surface area contributed by atoms with E-state index in [1.807, 2.05) is 0 Å². The largest absolute Gasteiger partial charge is 0.401 e. The first-order valence-electron chi connectivity index (χ1n) is 10.3. The van der Waals surface area contributed by atoms with Crippen LogP contribution in [0.1, 0.15) is 26.7 Å². The molecule has 0 bridgehead atoms. The molecule has 164 valence electrons. The standard InChI is InChI=1S/C21H26N6O3S/c1-14(2)31(28,29)17-7-5-16(6-8-17)18-11-23-12-19(24-18)20-25-26-21(30-20)27-9-3-4-15(10-22)13-27/h5-8,11-12,14-15H,3-4,9-10,13,22H2,1-2H3. The highest BCUT2D eigenvalue weighted by atomic mass is 32.2. The van der Waals surface area contributed by atoms with E-state index in [9.17, 15) is 8.42 Å². The molecule has 1 aliphatic rings. The Morgan fingerprint density at radius 3 is 2.61 bits per heavy atom. The van der Waals surface area contributed by atoms with E-state index in [1.54, 1.807) is 50.5 Å². The summed E-state index contributed by atoms with van der Waals surface area (Å²) in [6.07, 6.45) is 5.33. The molecule has 2 N–H and O–H groups in total. The molecule has 9 nitrogen and oxygen atoms in total. The molecule has 1 saturated heterocycles. The van der Waals surface area contributed by atoms with Gasteiger partial charge in [0.1, 0.15) is 5.69 Å². The van der Waals surface area contributed by atoms with Gasteiger partial charge < -0.3 is 15.1 Å². The third kappa shape index (κ3) is 4.45. The van der Waals surface area contributed by atoms with Gasteiger partial charge in [0, 0.05) is 18.7 Å². The van der Waals surface area contributed by atoms with E-state index >= 15 is 0 Å². The fourth-order valence-corrected chi connectivity index (χ4v) is 4.63. The zero-order valence-corrected chi connectivity index (χ0v) is 18.4. The summed E-state index contributed by atoms with van der Waals surface area (Å²) in [6, 6.07) is 7.09. The van der Waals surface area contributed by atoms with Gasteiger partial charge in [-0.25, -0.2) is 13.4 Å². The van der Waals surface area contributed by atoms with Gasteiger partial charge in [-0.15, -0.1) is 5.10 Å². The lowest BCUT2D eigenvalue weighted by molar-refractivity contribution is 0.400. The molecular formula is C21H26N6O3S. The molecule has 1 fully saturated rings. The lowest BCUT2D eigenvalue weighted by Gasteiger charge is -2.30. The van der Waals surface area contributed by atoms with E-state index in [0.717, 1.165) is 31.5 Å². The monoisotopic (exact) mass is 442 g/mol. The van der Waals surface area contributed by atoms with Gasteiger partial charge in [-0.1, -0.05) is 17.2 Å². The number of anilines is 1. The van der Waals surface area contributed by atoms with Gasteiger partial charge in [0.25, 0.3) is 5.89 Å². The lowest BCUT2D eigenvalue weighted by atomic mass is 9.99. The van der Waals surface area contributed by atoms with Crippen LogP contribution in [0.2, 0.25) is 0 Å². The molecule has 0 radical (unpaired) electrons. The number of rotatable bonds is 6. The Hall–Kier alpha value is -2.85. The summed E-state index contributed by atoms with van der Waals surface area (Å²) in [5.74, 6) is 0.716. The Morgan fingerprint density at radius 1 is 1.16 bits per heavy atom. The average molecular weight is 443 g/mol. The van der Waals surface area contributed by atoms with Crippen molar-refractivity contribution < 1.29 is 12.8 Å². The van der Waals surface area contributed by atoms with Crippen molar-refractivity contribution in [2.24, 2.45) is 11.7 Å². The second-order valence-corrected chi connectivity index (χ2v) is 10.5. The molecule has 0 amide bonds. The van der Waals surface area contributed by atoms with E-state index in [4.69, 9.17) is 10.2 Å². The van der Waals surface area contributed by atoms with Gasteiger partial charge in [-0.2, -0.15) is 0 Å². The highest BCUT2D eigenvalue weighted by Gasteiger charge is 2.24. The quantitative estimate of drug-likeness (QED) is 0.612. The lowest BCUT2D eigenvalue weighted by Crippen LogP contribution is -2.38. The normalized spacial score (nSPS) is 17.3. The van der Waals surface area contributed by atoms with Crippen LogP contribution in [0.25, 0.3) is 22.8 Å². The van der Waals surface area contributed by atoms with Crippen LogP contribution in [0.5, 0.6) is 0 Å². The molecule has 0 aliphatic carbocycles. The summed E-state index contributed by atoms with van der Waals surface area (Å²) < 4.78 is 30.5. The zero-order valence-electron chi connectivity index (χ0n) is 17.6. The smallest absolute Gasteiger partial charge is 0.318 e. The predicted octanol–water partition coefficient (Wildman–Crippen LogP) is 2.55. The van der Waals surface area contributed by atoms with Crippen molar-refractivity contribution >= 4 is 15.9 Å². The molecule has 1 unspecified atom stereocenters. The minimum Gasteiger partial charge on any atom is -0.401 e. The van der Waals surface area contributed by atoms with Crippen molar-refractivity contribution in [3.63, 3.8) is 0 Å². The summed E-state index contributed by atoms with van der Waals surface area (Å²) in [5.41, 5.74) is 7.61. The van der Waals surface area contributed by atoms with Gasteiger partial charge in [-0.3, -0.25) is 4.98 Å². The first-order chi connectivity index (χ1) is 14.9. The minimum absolute atomic E-state index is 0.286. The Bertz CT molecular complexity index is 1140. The highest BCUT2D eigenvalue weighted by Crippen LogP contribution is 2.27. The maximum atomic E-state index is 12.3. The molecule has 1 aromatic carbocycles. The van der Waals surface area contributed by atoms with Crippen LogP contribution in [0, 0.1) is 5.92 Å². The number of piperidine rings is 1. The van der Waals surface area contributed by atoms with Crippen molar-refractivity contribution in [3.8, 4) is 22.8 Å². The molecular weight excluding hydrogens is 416 g/mol. The number of hydrogen-bond donors (Lipinski definition) is 1. The molecule has 1 atom stereocenters. The van der Waals surface area contributed by atoms with E-state index in [2.05, 4.69) is 25.1 Å². The molecule has 0 spiro atoms. The van der Waals surface area contributed by atoms with E-state index in [1.165, 1.54) is 0 Å². The molecule has 31 heavy (non-hydrogen) atoms.